The van der Waals surface area contributed by atoms with E-state index in [0.29, 0.717) is 12.1 Å². The third-order valence-electron chi connectivity index (χ3n) is 3.16. The summed E-state index contributed by atoms with van der Waals surface area (Å²) in [5.41, 5.74) is 8.70. The number of hydrogen-bond acceptors (Lipinski definition) is 4. The molecule has 1 aromatic carbocycles. The standard InChI is InChI=1S/C13H18N4O2S/c1-9-3-4-11(6-14)5-13(9)20(18,19)16-8-12-7-15-17-10(12)2/h3-5,7,16H,6,8,14H2,1-2H3,(H,15,17). The molecule has 0 aliphatic heterocycles. The van der Waals surface area contributed by atoms with Gasteiger partial charge in [-0.1, -0.05) is 12.1 Å². The third-order valence-corrected chi connectivity index (χ3v) is 4.71. The van der Waals surface area contributed by atoms with Gasteiger partial charge in [-0.25, -0.2) is 13.1 Å². The first-order chi connectivity index (χ1) is 9.44. The van der Waals surface area contributed by atoms with Crippen molar-refractivity contribution in [1.29, 1.82) is 0 Å². The predicted molar refractivity (Wildman–Crippen MR) is 76.4 cm³/mol. The van der Waals surface area contributed by atoms with Crippen LogP contribution in [0.5, 0.6) is 0 Å². The van der Waals surface area contributed by atoms with E-state index in [9.17, 15) is 8.42 Å². The molecule has 1 aromatic heterocycles. The Bertz CT molecular complexity index is 707. The van der Waals surface area contributed by atoms with Crippen LogP contribution in [0.2, 0.25) is 0 Å². The van der Waals surface area contributed by atoms with Crippen molar-refractivity contribution in [2.45, 2.75) is 31.8 Å². The molecule has 0 unspecified atom stereocenters. The summed E-state index contributed by atoms with van der Waals surface area (Å²) >= 11 is 0. The number of hydrogen-bond donors (Lipinski definition) is 3. The maximum Gasteiger partial charge on any atom is 0.241 e. The smallest absolute Gasteiger partial charge is 0.241 e. The monoisotopic (exact) mass is 294 g/mol. The zero-order valence-electron chi connectivity index (χ0n) is 11.5. The summed E-state index contributed by atoms with van der Waals surface area (Å²) < 4.78 is 27.3. The molecule has 4 N–H and O–H groups in total. The number of nitrogens with zero attached hydrogens (tertiary/aromatic N) is 1. The number of nitrogens with one attached hydrogen (secondary N) is 2. The van der Waals surface area contributed by atoms with E-state index >= 15 is 0 Å². The van der Waals surface area contributed by atoms with Gasteiger partial charge in [-0.15, -0.1) is 0 Å². The predicted octanol–water partition coefficient (Wildman–Crippen LogP) is 0.964. The molecule has 20 heavy (non-hydrogen) atoms. The maximum atomic E-state index is 12.3. The average Bonchev–Trinajstić information content (AvgIpc) is 2.82. The van der Waals surface area contributed by atoms with Gasteiger partial charge in [-0.3, -0.25) is 5.10 Å². The third kappa shape index (κ3) is 3.06. The Kier molecular flexibility index (Phi) is 4.22. The van der Waals surface area contributed by atoms with E-state index in [4.69, 9.17) is 5.73 Å². The Morgan fingerprint density at radius 1 is 1.35 bits per heavy atom. The van der Waals surface area contributed by atoms with Crippen molar-refractivity contribution in [3.8, 4) is 0 Å². The molecule has 0 radical (unpaired) electrons. The number of rotatable bonds is 5. The van der Waals surface area contributed by atoms with Gasteiger partial charge in [0.15, 0.2) is 0 Å². The molecule has 0 fully saturated rings. The van der Waals surface area contributed by atoms with E-state index in [1.54, 1.807) is 25.3 Å². The molecule has 1 heterocycles. The first-order valence-electron chi connectivity index (χ1n) is 6.22. The molecule has 0 saturated heterocycles. The van der Waals surface area contributed by atoms with Crippen LogP contribution in [0.3, 0.4) is 0 Å². The van der Waals surface area contributed by atoms with Crippen molar-refractivity contribution >= 4 is 10.0 Å². The fourth-order valence-electron chi connectivity index (χ4n) is 1.87. The van der Waals surface area contributed by atoms with Gasteiger partial charge < -0.3 is 5.73 Å². The number of aryl methyl sites for hydroxylation is 2. The van der Waals surface area contributed by atoms with Gasteiger partial charge in [0.2, 0.25) is 10.0 Å². The molecule has 7 heteroatoms. The first-order valence-corrected chi connectivity index (χ1v) is 7.70. The van der Waals surface area contributed by atoms with Gasteiger partial charge >= 0.3 is 0 Å². The molecule has 0 atom stereocenters. The largest absolute Gasteiger partial charge is 0.326 e. The van der Waals surface area contributed by atoms with Crippen LogP contribution in [-0.2, 0) is 23.1 Å². The normalized spacial score (nSPS) is 11.8. The van der Waals surface area contributed by atoms with E-state index in [0.717, 1.165) is 16.8 Å². The topological polar surface area (TPSA) is 101 Å². The molecule has 0 spiro atoms. The second kappa shape index (κ2) is 5.74. The number of nitrogens with two attached hydrogens (primary N) is 1. The van der Waals surface area contributed by atoms with Gasteiger partial charge in [0.1, 0.15) is 0 Å². The molecule has 2 rings (SSSR count). The molecule has 6 nitrogen and oxygen atoms in total. The first kappa shape index (κ1) is 14.7. The lowest BCUT2D eigenvalue weighted by molar-refractivity contribution is 0.580. The van der Waals surface area contributed by atoms with E-state index in [2.05, 4.69) is 14.9 Å². The molecular weight excluding hydrogens is 276 g/mol. The Balaban J connectivity index is 2.24. The van der Waals surface area contributed by atoms with Gasteiger partial charge in [-0.2, -0.15) is 5.10 Å². The van der Waals surface area contributed by atoms with Crippen LogP contribution in [-0.4, -0.2) is 18.6 Å². The molecule has 108 valence electrons. The zero-order valence-corrected chi connectivity index (χ0v) is 12.3. The molecule has 0 amide bonds. The SMILES string of the molecule is Cc1ccc(CN)cc1S(=O)(=O)NCc1cn[nH]c1C. The van der Waals surface area contributed by atoms with E-state index in [-0.39, 0.29) is 11.4 Å². The highest BCUT2D eigenvalue weighted by Gasteiger charge is 2.17. The van der Waals surface area contributed by atoms with Gasteiger partial charge in [0.05, 0.1) is 11.1 Å². The number of H-pyrrole nitrogens is 1. The highest BCUT2D eigenvalue weighted by molar-refractivity contribution is 7.89. The number of aromatic nitrogens is 2. The Hall–Kier alpha value is -1.70. The molecule has 0 bridgehead atoms. The summed E-state index contributed by atoms with van der Waals surface area (Å²) in [7, 11) is -3.56. The summed E-state index contributed by atoms with van der Waals surface area (Å²) in [5, 5.41) is 6.64. The quantitative estimate of drug-likeness (QED) is 0.764. The minimum atomic E-state index is -3.56. The lowest BCUT2D eigenvalue weighted by atomic mass is 10.1. The highest BCUT2D eigenvalue weighted by atomic mass is 32.2. The van der Waals surface area contributed by atoms with Crippen molar-refractivity contribution in [3.63, 3.8) is 0 Å². The van der Waals surface area contributed by atoms with Gasteiger partial charge in [0, 0.05) is 24.3 Å². The molecule has 0 aliphatic rings. The van der Waals surface area contributed by atoms with Crippen LogP contribution in [0.25, 0.3) is 0 Å². The summed E-state index contributed by atoms with van der Waals surface area (Å²) in [4.78, 5) is 0.265. The highest BCUT2D eigenvalue weighted by Crippen LogP contribution is 2.17. The van der Waals surface area contributed by atoms with Crippen LogP contribution in [0.15, 0.2) is 29.3 Å². The number of aromatic amines is 1. The Labute approximate surface area is 118 Å². The summed E-state index contributed by atoms with van der Waals surface area (Å²) in [6.07, 6.45) is 1.61. The minimum absolute atomic E-state index is 0.205. The van der Waals surface area contributed by atoms with Gasteiger partial charge in [-0.05, 0) is 31.0 Å². The zero-order chi connectivity index (χ0) is 14.8. The van der Waals surface area contributed by atoms with Crippen molar-refractivity contribution < 1.29 is 8.42 Å². The summed E-state index contributed by atoms with van der Waals surface area (Å²) in [5.74, 6) is 0. The van der Waals surface area contributed by atoms with Crippen LogP contribution in [0, 0.1) is 13.8 Å². The van der Waals surface area contributed by atoms with Crippen LogP contribution in [0.4, 0.5) is 0 Å². The Morgan fingerprint density at radius 2 is 2.10 bits per heavy atom. The number of benzene rings is 1. The summed E-state index contributed by atoms with van der Waals surface area (Å²) in [6.45, 7) is 4.12. The minimum Gasteiger partial charge on any atom is -0.326 e. The lowest BCUT2D eigenvalue weighted by Gasteiger charge is -2.10. The van der Waals surface area contributed by atoms with E-state index in [1.807, 2.05) is 13.0 Å². The molecule has 2 aromatic rings. The number of sulfonamides is 1. The van der Waals surface area contributed by atoms with Crippen molar-refractivity contribution in [2.24, 2.45) is 5.73 Å². The van der Waals surface area contributed by atoms with Crippen LogP contribution in [0.1, 0.15) is 22.4 Å². The lowest BCUT2D eigenvalue weighted by Crippen LogP contribution is -2.24. The second-order valence-corrected chi connectivity index (χ2v) is 6.38. The van der Waals surface area contributed by atoms with E-state index in [1.165, 1.54) is 0 Å². The fourth-order valence-corrected chi connectivity index (χ4v) is 3.16. The van der Waals surface area contributed by atoms with Crippen LogP contribution >= 0.6 is 0 Å². The molecule has 0 aliphatic carbocycles. The van der Waals surface area contributed by atoms with Crippen molar-refractivity contribution in [2.75, 3.05) is 0 Å². The van der Waals surface area contributed by atoms with E-state index < -0.39 is 10.0 Å². The molecular formula is C13H18N4O2S. The fraction of sp³-hybridized carbons (Fsp3) is 0.308. The van der Waals surface area contributed by atoms with Crippen LogP contribution < -0.4 is 10.5 Å². The molecule has 0 saturated carbocycles. The second-order valence-electron chi connectivity index (χ2n) is 4.65. The maximum absolute atomic E-state index is 12.3. The Morgan fingerprint density at radius 3 is 2.70 bits per heavy atom. The van der Waals surface area contributed by atoms with Gasteiger partial charge in [0.25, 0.3) is 0 Å². The van der Waals surface area contributed by atoms with Crippen molar-refractivity contribution in [1.82, 2.24) is 14.9 Å². The summed E-state index contributed by atoms with van der Waals surface area (Å²) in [6, 6.07) is 5.20. The average molecular weight is 294 g/mol. The van der Waals surface area contributed by atoms with Crippen molar-refractivity contribution in [3.05, 3.63) is 46.8 Å².